The van der Waals surface area contributed by atoms with Crippen LogP contribution in [0.25, 0.3) is 0 Å². The van der Waals surface area contributed by atoms with Crippen molar-refractivity contribution in [1.82, 2.24) is 5.32 Å². The van der Waals surface area contributed by atoms with Crippen molar-refractivity contribution >= 4 is 5.91 Å². The normalized spacial score (nSPS) is 23.8. The Kier molecular flexibility index (Phi) is 5.04. The molecule has 3 heteroatoms. The van der Waals surface area contributed by atoms with Gasteiger partial charge in [0.1, 0.15) is 0 Å². The minimum Gasteiger partial charge on any atom is -0.353 e. The summed E-state index contributed by atoms with van der Waals surface area (Å²) in [7, 11) is 0. The fourth-order valence-electron chi connectivity index (χ4n) is 3.44. The van der Waals surface area contributed by atoms with Crippen LogP contribution < -0.4 is 11.1 Å². The van der Waals surface area contributed by atoms with Gasteiger partial charge in [0.15, 0.2) is 0 Å². The standard InChI is InChI=1S/C18H28N2O/c1-13(20-17(21)14-9-10-16(19)11-14)12-18(2,3)15-7-5-4-6-8-15/h4-8,13-14,16H,9-12,19H2,1-3H3,(H,20,21). The van der Waals surface area contributed by atoms with Gasteiger partial charge in [-0.05, 0) is 43.6 Å². The Hall–Kier alpha value is -1.35. The highest BCUT2D eigenvalue weighted by molar-refractivity contribution is 5.79. The van der Waals surface area contributed by atoms with Gasteiger partial charge in [-0.3, -0.25) is 4.79 Å². The molecule has 0 bridgehead atoms. The number of hydrogen-bond donors (Lipinski definition) is 2. The van der Waals surface area contributed by atoms with Gasteiger partial charge in [-0.25, -0.2) is 0 Å². The number of rotatable bonds is 5. The fraction of sp³-hybridized carbons (Fsp3) is 0.611. The number of hydrogen-bond acceptors (Lipinski definition) is 2. The first-order valence-electron chi connectivity index (χ1n) is 8.00. The van der Waals surface area contributed by atoms with Gasteiger partial charge in [0.05, 0.1) is 0 Å². The summed E-state index contributed by atoms with van der Waals surface area (Å²) in [6, 6.07) is 10.9. The molecule has 3 N–H and O–H groups in total. The van der Waals surface area contributed by atoms with Gasteiger partial charge in [0, 0.05) is 18.0 Å². The highest BCUT2D eigenvalue weighted by Gasteiger charge is 2.30. The molecule has 1 fully saturated rings. The average molecular weight is 288 g/mol. The molecule has 1 aromatic carbocycles. The molecule has 116 valence electrons. The van der Waals surface area contributed by atoms with Gasteiger partial charge in [-0.1, -0.05) is 44.2 Å². The zero-order valence-corrected chi connectivity index (χ0v) is 13.4. The van der Waals surface area contributed by atoms with Crippen molar-refractivity contribution < 1.29 is 4.79 Å². The van der Waals surface area contributed by atoms with E-state index < -0.39 is 0 Å². The average Bonchev–Trinajstić information content (AvgIpc) is 2.86. The smallest absolute Gasteiger partial charge is 0.223 e. The van der Waals surface area contributed by atoms with E-state index in [0.717, 1.165) is 25.7 Å². The number of amides is 1. The lowest BCUT2D eigenvalue weighted by atomic mass is 9.79. The molecule has 0 aliphatic heterocycles. The van der Waals surface area contributed by atoms with Crippen molar-refractivity contribution in [3.63, 3.8) is 0 Å². The summed E-state index contributed by atoms with van der Waals surface area (Å²) < 4.78 is 0. The van der Waals surface area contributed by atoms with E-state index in [1.165, 1.54) is 5.56 Å². The minimum absolute atomic E-state index is 0.0556. The van der Waals surface area contributed by atoms with E-state index in [9.17, 15) is 4.79 Å². The molecule has 21 heavy (non-hydrogen) atoms. The molecule has 1 aliphatic rings. The molecule has 1 aliphatic carbocycles. The maximum absolute atomic E-state index is 12.3. The van der Waals surface area contributed by atoms with E-state index >= 15 is 0 Å². The SMILES string of the molecule is CC(CC(C)(C)c1ccccc1)NC(=O)C1CCC(N)C1. The second kappa shape index (κ2) is 6.61. The van der Waals surface area contributed by atoms with Gasteiger partial charge in [0.25, 0.3) is 0 Å². The zero-order chi connectivity index (χ0) is 15.5. The molecular formula is C18H28N2O. The van der Waals surface area contributed by atoms with Crippen LogP contribution in [-0.2, 0) is 10.2 Å². The molecule has 3 atom stereocenters. The highest BCUT2D eigenvalue weighted by atomic mass is 16.1. The Bertz CT molecular complexity index is 469. The molecule has 1 saturated carbocycles. The molecule has 1 aromatic rings. The number of carbonyl (C=O) groups excluding carboxylic acids is 1. The summed E-state index contributed by atoms with van der Waals surface area (Å²) in [5.41, 5.74) is 7.26. The van der Waals surface area contributed by atoms with Crippen molar-refractivity contribution in [2.75, 3.05) is 0 Å². The number of nitrogens with one attached hydrogen (secondary N) is 1. The highest BCUT2D eigenvalue weighted by Crippen LogP contribution is 2.29. The monoisotopic (exact) mass is 288 g/mol. The van der Waals surface area contributed by atoms with Crippen LogP contribution in [0.15, 0.2) is 30.3 Å². The topological polar surface area (TPSA) is 55.1 Å². The molecule has 0 aromatic heterocycles. The van der Waals surface area contributed by atoms with Crippen molar-refractivity contribution in [2.45, 2.75) is 64.0 Å². The van der Waals surface area contributed by atoms with E-state index in [0.29, 0.717) is 0 Å². The van der Waals surface area contributed by atoms with Crippen LogP contribution in [0.5, 0.6) is 0 Å². The van der Waals surface area contributed by atoms with Gasteiger partial charge in [-0.15, -0.1) is 0 Å². The summed E-state index contributed by atoms with van der Waals surface area (Å²) in [5, 5.41) is 3.17. The molecule has 0 saturated heterocycles. The molecule has 2 rings (SSSR count). The van der Waals surface area contributed by atoms with Gasteiger partial charge >= 0.3 is 0 Å². The molecule has 0 radical (unpaired) electrons. The lowest BCUT2D eigenvalue weighted by Gasteiger charge is -2.29. The fourth-order valence-corrected chi connectivity index (χ4v) is 3.44. The Labute approximate surface area is 128 Å². The number of benzene rings is 1. The van der Waals surface area contributed by atoms with Crippen LogP contribution in [0.1, 0.15) is 52.0 Å². The summed E-state index contributed by atoms with van der Waals surface area (Å²) in [6.07, 6.45) is 3.67. The van der Waals surface area contributed by atoms with E-state index in [1.807, 2.05) is 6.07 Å². The van der Waals surface area contributed by atoms with E-state index in [1.54, 1.807) is 0 Å². The quantitative estimate of drug-likeness (QED) is 0.875. The summed E-state index contributed by atoms with van der Waals surface area (Å²) in [4.78, 5) is 12.3. The van der Waals surface area contributed by atoms with Crippen LogP contribution in [0.2, 0.25) is 0 Å². The van der Waals surface area contributed by atoms with Crippen molar-refractivity contribution in [3.05, 3.63) is 35.9 Å². The van der Waals surface area contributed by atoms with Gasteiger partial charge < -0.3 is 11.1 Å². The van der Waals surface area contributed by atoms with Crippen LogP contribution in [0.3, 0.4) is 0 Å². The van der Waals surface area contributed by atoms with E-state index in [2.05, 4.69) is 50.4 Å². The lowest BCUT2D eigenvalue weighted by Crippen LogP contribution is -2.40. The summed E-state index contributed by atoms with van der Waals surface area (Å²) in [5.74, 6) is 0.293. The molecule has 3 unspecified atom stereocenters. The number of nitrogens with two attached hydrogens (primary N) is 1. The van der Waals surface area contributed by atoms with Crippen molar-refractivity contribution in [1.29, 1.82) is 0 Å². The Balaban J connectivity index is 1.89. The van der Waals surface area contributed by atoms with Crippen LogP contribution in [-0.4, -0.2) is 18.0 Å². The molecule has 0 spiro atoms. The first-order valence-corrected chi connectivity index (χ1v) is 8.00. The molecular weight excluding hydrogens is 260 g/mol. The largest absolute Gasteiger partial charge is 0.353 e. The third-order valence-corrected chi connectivity index (χ3v) is 4.60. The van der Waals surface area contributed by atoms with Crippen molar-refractivity contribution in [3.8, 4) is 0 Å². The maximum atomic E-state index is 12.3. The van der Waals surface area contributed by atoms with Crippen LogP contribution in [0.4, 0.5) is 0 Å². The predicted molar refractivity (Wildman–Crippen MR) is 87.0 cm³/mol. The third-order valence-electron chi connectivity index (χ3n) is 4.60. The van der Waals surface area contributed by atoms with Crippen LogP contribution in [0, 0.1) is 5.92 Å². The Morgan fingerprint density at radius 2 is 2.00 bits per heavy atom. The molecule has 3 nitrogen and oxygen atoms in total. The predicted octanol–water partition coefficient (Wildman–Crippen LogP) is 2.99. The first kappa shape index (κ1) is 16.0. The summed E-state index contributed by atoms with van der Waals surface area (Å²) >= 11 is 0. The minimum atomic E-state index is 0.0556. The summed E-state index contributed by atoms with van der Waals surface area (Å²) in [6.45, 7) is 6.56. The van der Waals surface area contributed by atoms with Gasteiger partial charge in [-0.2, -0.15) is 0 Å². The number of carbonyl (C=O) groups is 1. The lowest BCUT2D eigenvalue weighted by molar-refractivity contribution is -0.125. The Morgan fingerprint density at radius 3 is 2.57 bits per heavy atom. The second-order valence-electron chi connectivity index (χ2n) is 7.13. The molecule has 1 amide bonds. The van der Waals surface area contributed by atoms with Crippen LogP contribution >= 0.6 is 0 Å². The van der Waals surface area contributed by atoms with E-state index in [-0.39, 0.29) is 29.3 Å². The zero-order valence-electron chi connectivity index (χ0n) is 13.4. The van der Waals surface area contributed by atoms with Gasteiger partial charge in [0.2, 0.25) is 5.91 Å². The van der Waals surface area contributed by atoms with Crippen molar-refractivity contribution in [2.24, 2.45) is 11.7 Å². The molecule has 0 heterocycles. The third kappa shape index (κ3) is 4.31. The Morgan fingerprint density at radius 1 is 1.33 bits per heavy atom. The van der Waals surface area contributed by atoms with E-state index in [4.69, 9.17) is 5.73 Å². The maximum Gasteiger partial charge on any atom is 0.223 e. The first-order chi connectivity index (χ1) is 9.88. The second-order valence-corrected chi connectivity index (χ2v) is 7.13.